The molecule has 0 amide bonds. The Bertz CT molecular complexity index is 773. The number of nitrogens with zero attached hydrogens (tertiary/aromatic N) is 3. The predicted octanol–water partition coefficient (Wildman–Crippen LogP) is 1.42. The van der Waals surface area contributed by atoms with Gasteiger partial charge in [-0.3, -0.25) is 9.30 Å². The van der Waals surface area contributed by atoms with E-state index in [1.165, 1.54) is 6.42 Å². The number of anilines is 1. The quantitative estimate of drug-likeness (QED) is 0.528. The molecule has 1 fully saturated rings. The van der Waals surface area contributed by atoms with Crippen LogP contribution in [-0.2, 0) is 16.4 Å². The lowest BCUT2D eigenvalue weighted by Gasteiger charge is -2.32. The zero-order chi connectivity index (χ0) is 20.0. The van der Waals surface area contributed by atoms with E-state index in [0.717, 1.165) is 50.1 Å². The molecule has 1 saturated heterocycles. The molecule has 2 N–H and O–H groups in total. The van der Waals surface area contributed by atoms with E-state index in [4.69, 9.17) is 0 Å². The van der Waals surface area contributed by atoms with E-state index < -0.39 is 10.0 Å². The third kappa shape index (κ3) is 5.17. The van der Waals surface area contributed by atoms with Crippen molar-refractivity contribution in [3.8, 4) is 0 Å². The van der Waals surface area contributed by atoms with Gasteiger partial charge >= 0.3 is 0 Å². The van der Waals surface area contributed by atoms with Gasteiger partial charge in [-0.1, -0.05) is 25.1 Å². The molecule has 3 rings (SSSR count). The Kier molecular flexibility index (Phi) is 7.18. The highest BCUT2D eigenvalue weighted by Gasteiger charge is 2.28. The largest absolute Gasteiger partial charge is 0.355 e. The number of para-hydroxylation sites is 1. The van der Waals surface area contributed by atoms with E-state index in [1.807, 2.05) is 24.3 Å². The predicted molar refractivity (Wildman–Crippen MR) is 116 cm³/mol. The Morgan fingerprint density at radius 1 is 1.21 bits per heavy atom. The van der Waals surface area contributed by atoms with Crippen molar-refractivity contribution in [1.29, 1.82) is 0 Å². The van der Waals surface area contributed by atoms with Crippen LogP contribution in [0.3, 0.4) is 0 Å². The van der Waals surface area contributed by atoms with Crippen molar-refractivity contribution in [1.82, 2.24) is 15.5 Å². The minimum atomic E-state index is -3.34. The van der Waals surface area contributed by atoms with Crippen LogP contribution < -0.4 is 14.9 Å². The lowest BCUT2D eigenvalue weighted by atomic mass is 10.1. The van der Waals surface area contributed by atoms with Gasteiger partial charge in [-0.25, -0.2) is 8.42 Å². The molecule has 0 radical (unpaired) electrons. The second-order valence-electron chi connectivity index (χ2n) is 7.53. The smallest absolute Gasteiger partial charge is 0.236 e. The van der Waals surface area contributed by atoms with Gasteiger partial charge in [0.1, 0.15) is 0 Å². The summed E-state index contributed by atoms with van der Waals surface area (Å²) < 4.78 is 27.1. The second kappa shape index (κ2) is 9.60. The Labute approximate surface area is 169 Å². The van der Waals surface area contributed by atoms with Gasteiger partial charge in [0.25, 0.3) is 0 Å². The number of aliphatic imine (C=N–C) groups is 1. The van der Waals surface area contributed by atoms with Gasteiger partial charge in [-0.05, 0) is 43.9 Å². The Balaban J connectivity index is 1.46. The summed E-state index contributed by atoms with van der Waals surface area (Å²) >= 11 is 0. The van der Waals surface area contributed by atoms with Gasteiger partial charge in [0, 0.05) is 39.3 Å². The Morgan fingerprint density at radius 3 is 2.68 bits per heavy atom. The molecule has 0 unspecified atom stereocenters. The van der Waals surface area contributed by atoms with Gasteiger partial charge in [0.2, 0.25) is 10.0 Å². The maximum atomic E-state index is 12.8. The first-order valence-corrected chi connectivity index (χ1v) is 11.9. The number of piperidine rings is 1. The van der Waals surface area contributed by atoms with Crippen LogP contribution in [0.2, 0.25) is 0 Å². The minimum Gasteiger partial charge on any atom is -0.355 e. The van der Waals surface area contributed by atoms with Crippen LogP contribution in [0.1, 0.15) is 31.7 Å². The first kappa shape index (κ1) is 20.9. The molecule has 7 nitrogen and oxygen atoms in total. The normalized spacial score (nSPS) is 18.9. The molecule has 0 aliphatic carbocycles. The summed E-state index contributed by atoms with van der Waals surface area (Å²) in [6, 6.07) is 8.13. The summed E-state index contributed by atoms with van der Waals surface area (Å²) in [6.07, 6.45) is 4.15. The van der Waals surface area contributed by atoms with Crippen molar-refractivity contribution in [3.05, 3.63) is 29.8 Å². The summed E-state index contributed by atoms with van der Waals surface area (Å²) in [5, 5.41) is 6.62. The molecule has 2 heterocycles. The summed E-state index contributed by atoms with van der Waals surface area (Å²) in [5.74, 6) is 0.739. The fourth-order valence-electron chi connectivity index (χ4n) is 4.01. The topological polar surface area (TPSA) is 77.0 Å². The number of hydrogen-bond donors (Lipinski definition) is 2. The molecular weight excluding hydrogens is 374 g/mol. The summed E-state index contributed by atoms with van der Waals surface area (Å²) in [5.41, 5.74) is 1.93. The maximum Gasteiger partial charge on any atom is 0.236 e. The molecule has 2 aliphatic heterocycles. The van der Waals surface area contributed by atoms with Crippen molar-refractivity contribution >= 4 is 21.7 Å². The second-order valence-corrected chi connectivity index (χ2v) is 9.54. The molecule has 0 bridgehead atoms. The standard InChI is InChI=1S/C20H33N5O2S/c1-3-12-24-13-9-18(10-14-24)23-20(21-2)22-11-16-28(26,27)25-15-8-17-6-4-5-7-19(17)25/h4-7,18H,3,8-16H2,1-2H3,(H2,21,22,23). The molecule has 0 saturated carbocycles. The van der Waals surface area contributed by atoms with E-state index in [0.29, 0.717) is 25.1 Å². The van der Waals surface area contributed by atoms with Crippen LogP contribution >= 0.6 is 0 Å². The number of guanidine groups is 1. The molecule has 8 heteroatoms. The van der Waals surface area contributed by atoms with Gasteiger partial charge in [-0.2, -0.15) is 0 Å². The molecule has 0 spiro atoms. The van der Waals surface area contributed by atoms with Gasteiger partial charge in [0.15, 0.2) is 5.96 Å². The fourth-order valence-corrected chi connectivity index (χ4v) is 5.44. The van der Waals surface area contributed by atoms with E-state index in [-0.39, 0.29) is 5.75 Å². The molecule has 156 valence electrons. The highest BCUT2D eigenvalue weighted by molar-refractivity contribution is 7.92. The summed E-state index contributed by atoms with van der Waals surface area (Å²) in [4.78, 5) is 6.76. The zero-order valence-electron chi connectivity index (χ0n) is 17.0. The molecule has 28 heavy (non-hydrogen) atoms. The summed E-state index contributed by atoms with van der Waals surface area (Å²) in [6.45, 7) is 6.46. The molecule has 1 aromatic carbocycles. The van der Waals surface area contributed by atoms with Gasteiger partial charge in [0.05, 0.1) is 11.4 Å². The van der Waals surface area contributed by atoms with Crippen LogP contribution in [0.25, 0.3) is 0 Å². The number of rotatable bonds is 7. The molecular formula is C20H33N5O2S. The highest BCUT2D eigenvalue weighted by atomic mass is 32.2. The Morgan fingerprint density at radius 2 is 1.96 bits per heavy atom. The number of fused-ring (bicyclic) bond motifs is 1. The summed E-state index contributed by atoms with van der Waals surface area (Å²) in [7, 11) is -1.61. The lowest BCUT2D eigenvalue weighted by molar-refractivity contribution is 0.206. The van der Waals surface area contributed by atoms with Crippen LogP contribution in [0.4, 0.5) is 5.69 Å². The van der Waals surface area contributed by atoms with Crippen LogP contribution in [0.15, 0.2) is 29.3 Å². The van der Waals surface area contributed by atoms with Crippen molar-refractivity contribution in [2.75, 3.05) is 49.8 Å². The average Bonchev–Trinajstić information content (AvgIpc) is 3.14. The van der Waals surface area contributed by atoms with Gasteiger partial charge in [-0.15, -0.1) is 0 Å². The van der Waals surface area contributed by atoms with Crippen molar-refractivity contribution in [2.45, 2.75) is 38.6 Å². The minimum absolute atomic E-state index is 0.0526. The highest BCUT2D eigenvalue weighted by Crippen LogP contribution is 2.29. The molecule has 1 aromatic rings. The van der Waals surface area contributed by atoms with E-state index in [2.05, 4.69) is 27.4 Å². The van der Waals surface area contributed by atoms with Crippen molar-refractivity contribution < 1.29 is 8.42 Å². The third-order valence-electron chi connectivity index (χ3n) is 5.52. The number of nitrogens with one attached hydrogen (secondary N) is 2. The number of sulfonamides is 1. The SMILES string of the molecule is CCCN1CCC(NC(=NC)NCCS(=O)(=O)N2CCc3ccccc32)CC1. The van der Waals surface area contributed by atoms with Gasteiger partial charge < -0.3 is 15.5 Å². The van der Waals surface area contributed by atoms with Crippen LogP contribution in [-0.4, -0.2) is 70.8 Å². The third-order valence-corrected chi connectivity index (χ3v) is 7.30. The van der Waals surface area contributed by atoms with Crippen LogP contribution in [0.5, 0.6) is 0 Å². The number of benzene rings is 1. The molecule has 0 atom stereocenters. The molecule has 2 aliphatic rings. The molecule has 0 aromatic heterocycles. The average molecular weight is 408 g/mol. The fraction of sp³-hybridized carbons (Fsp3) is 0.650. The first-order valence-electron chi connectivity index (χ1n) is 10.3. The maximum absolute atomic E-state index is 12.8. The zero-order valence-corrected chi connectivity index (χ0v) is 17.8. The van der Waals surface area contributed by atoms with Crippen molar-refractivity contribution in [2.24, 2.45) is 4.99 Å². The first-order chi connectivity index (χ1) is 13.5. The monoisotopic (exact) mass is 407 g/mol. The van der Waals surface area contributed by atoms with E-state index in [1.54, 1.807) is 11.4 Å². The van der Waals surface area contributed by atoms with E-state index in [9.17, 15) is 8.42 Å². The number of likely N-dealkylation sites (tertiary alicyclic amines) is 1. The lowest BCUT2D eigenvalue weighted by Crippen LogP contribution is -2.49. The Hall–Kier alpha value is -1.80. The number of hydrogen-bond acceptors (Lipinski definition) is 4. The van der Waals surface area contributed by atoms with Crippen LogP contribution in [0, 0.1) is 0 Å². The van der Waals surface area contributed by atoms with E-state index >= 15 is 0 Å². The van der Waals surface area contributed by atoms with Crippen molar-refractivity contribution in [3.63, 3.8) is 0 Å².